The lowest BCUT2D eigenvalue weighted by atomic mass is 9.98. The van der Waals surface area contributed by atoms with Crippen molar-refractivity contribution in [1.29, 1.82) is 0 Å². The normalized spacial score (nSPS) is 24.7. The Labute approximate surface area is 145 Å². The topological polar surface area (TPSA) is 73.5 Å². The van der Waals surface area contributed by atoms with Crippen LogP contribution in [0.1, 0.15) is 39.0 Å². The van der Waals surface area contributed by atoms with Crippen molar-refractivity contribution in [2.24, 2.45) is 5.92 Å². The van der Waals surface area contributed by atoms with Gasteiger partial charge in [-0.1, -0.05) is 6.92 Å². The van der Waals surface area contributed by atoms with E-state index in [1.165, 1.54) is 0 Å². The van der Waals surface area contributed by atoms with Gasteiger partial charge in [-0.15, -0.1) is 12.4 Å². The van der Waals surface area contributed by atoms with Crippen molar-refractivity contribution in [2.75, 3.05) is 39.3 Å². The Morgan fingerprint density at radius 1 is 1.22 bits per heavy atom. The van der Waals surface area contributed by atoms with E-state index in [1.54, 1.807) is 0 Å². The minimum atomic E-state index is -0.000449. The summed E-state index contributed by atoms with van der Waals surface area (Å²) in [6.45, 7) is 6.84. The molecule has 0 saturated carbocycles. The highest BCUT2D eigenvalue weighted by molar-refractivity contribution is 5.85. The van der Waals surface area contributed by atoms with Crippen molar-refractivity contribution in [1.82, 2.24) is 20.9 Å². The summed E-state index contributed by atoms with van der Waals surface area (Å²) in [6.07, 6.45) is 5.23. The van der Waals surface area contributed by atoms with E-state index >= 15 is 0 Å². The first kappa shape index (κ1) is 20.2. The summed E-state index contributed by atoms with van der Waals surface area (Å²) in [5, 5.41) is 9.22. The Bertz CT molecular complexity index is 375. The van der Waals surface area contributed by atoms with Gasteiger partial charge in [0.25, 0.3) is 0 Å². The maximum absolute atomic E-state index is 12.0. The lowest BCUT2D eigenvalue weighted by molar-refractivity contribution is -0.124. The average Bonchev–Trinajstić information content (AvgIpc) is 3.05. The molecular formula is C16H31ClN4O2. The van der Waals surface area contributed by atoms with Gasteiger partial charge in [0.1, 0.15) is 0 Å². The summed E-state index contributed by atoms with van der Waals surface area (Å²) in [6, 6.07) is -0.000449. The van der Waals surface area contributed by atoms with Gasteiger partial charge in [-0.05, 0) is 51.1 Å². The van der Waals surface area contributed by atoms with Crippen LogP contribution in [-0.2, 0) is 9.59 Å². The molecule has 2 atom stereocenters. The zero-order valence-corrected chi connectivity index (χ0v) is 14.9. The fourth-order valence-corrected chi connectivity index (χ4v) is 3.26. The Morgan fingerprint density at radius 3 is 2.74 bits per heavy atom. The molecule has 0 aliphatic carbocycles. The van der Waals surface area contributed by atoms with Crippen LogP contribution in [-0.4, -0.2) is 62.0 Å². The van der Waals surface area contributed by atoms with Crippen LogP contribution in [0.15, 0.2) is 0 Å². The Hall–Kier alpha value is -0.850. The molecule has 3 N–H and O–H groups in total. The molecule has 0 radical (unpaired) electrons. The van der Waals surface area contributed by atoms with Gasteiger partial charge in [-0.2, -0.15) is 0 Å². The maximum Gasteiger partial charge on any atom is 0.237 e. The van der Waals surface area contributed by atoms with Crippen molar-refractivity contribution in [3.63, 3.8) is 0 Å². The molecule has 7 heteroatoms. The molecule has 2 aliphatic heterocycles. The van der Waals surface area contributed by atoms with Crippen LogP contribution < -0.4 is 16.0 Å². The van der Waals surface area contributed by atoms with E-state index in [-0.39, 0.29) is 30.3 Å². The average molecular weight is 347 g/mol. The van der Waals surface area contributed by atoms with Crippen molar-refractivity contribution in [3.8, 4) is 0 Å². The lowest BCUT2D eigenvalue weighted by Gasteiger charge is -2.32. The Balaban J connectivity index is 0.00000264. The molecule has 0 aromatic heterocycles. The smallest absolute Gasteiger partial charge is 0.237 e. The van der Waals surface area contributed by atoms with Crippen molar-refractivity contribution < 1.29 is 9.59 Å². The van der Waals surface area contributed by atoms with Crippen molar-refractivity contribution >= 4 is 24.2 Å². The van der Waals surface area contributed by atoms with Gasteiger partial charge >= 0.3 is 0 Å². The first-order valence-electron chi connectivity index (χ1n) is 8.69. The summed E-state index contributed by atoms with van der Waals surface area (Å²) in [7, 11) is 0. The molecule has 6 nitrogen and oxygen atoms in total. The fraction of sp³-hybridized carbons (Fsp3) is 0.875. The van der Waals surface area contributed by atoms with Gasteiger partial charge < -0.3 is 16.0 Å². The predicted octanol–water partition coefficient (Wildman–Crippen LogP) is 0.515. The zero-order valence-electron chi connectivity index (χ0n) is 14.1. The second kappa shape index (κ2) is 10.8. The monoisotopic (exact) mass is 346 g/mol. The molecular weight excluding hydrogens is 316 g/mol. The van der Waals surface area contributed by atoms with Crippen LogP contribution in [0.25, 0.3) is 0 Å². The van der Waals surface area contributed by atoms with Crippen LogP contribution in [0.4, 0.5) is 0 Å². The molecule has 2 amide bonds. The first-order chi connectivity index (χ1) is 10.7. The summed E-state index contributed by atoms with van der Waals surface area (Å²) in [4.78, 5) is 26.0. The largest absolute Gasteiger partial charge is 0.355 e. The van der Waals surface area contributed by atoms with E-state index in [4.69, 9.17) is 0 Å². The molecule has 23 heavy (non-hydrogen) atoms. The highest BCUT2D eigenvalue weighted by Gasteiger charge is 2.25. The number of halogens is 1. The summed E-state index contributed by atoms with van der Waals surface area (Å²) in [5.74, 6) is 0.704. The molecule has 0 spiro atoms. The third-order valence-corrected chi connectivity index (χ3v) is 4.48. The fourth-order valence-electron chi connectivity index (χ4n) is 3.26. The van der Waals surface area contributed by atoms with Gasteiger partial charge in [0.2, 0.25) is 11.8 Å². The summed E-state index contributed by atoms with van der Waals surface area (Å²) < 4.78 is 0. The highest BCUT2D eigenvalue weighted by Crippen LogP contribution is 2.15. The molecule has 2 fully saturated rings. The first-order valence-corrected chi connectivity index (χ1v) is 8.69. The SMILES string of the molecule is CCCNC(=O)CN1CCCC(CNC(=O)C2CCCN2)C1.Cl. The minimum Gasteiger partial charge on any atom is -0.355 e. The summed E-state index contributed by atoms with van der Waals surface area (Å²) >= 11 is 0. The van der Waals surface area contributed by atoms with Crippen LogP contribution in [0.2, 0.25) is 0 Å². The Kier molecular flexibility index (Phi) is 9.52. The lowest BCUT2D eigenvalue weighted by Crippen LogP contribution is -2.47. The molecule has 2 heterocycles. The molecule has 2 saturated heterocycles. The number of piperidine rings is 1. The number of hydrogen-bond acceptors (Lipinski definition) is 4. The number of nitrogens with one attached hydrogen (secondary N) is 3. The molecule has 2 unspecified atom stereocenters. The third kappa shape index (κ3) is 7.06. The van der Waals surface area contributed by atoms with Crippen molar-refractivity contribution in [3.05, 3.63) is 0 Å². The second-order valence-corrected chi connectivity index (χ2v) is 6.49. The van der Waals surface area contributed by atoms with Crippen LogP contribution in [0.5, 0.6) is 0 Å². The number of amides is 2. The Morgan fingerprint density at radius 2 is 2.04 bits per heavy atom. The van der Waals surface area contributed by atoms with Gasteiger partial charge in [0.15, 0.2) is 0 Å². The van der Waals surface area contributed by atoms with Gasteiger partial charge in [-0.3, -0.25) is 14.5 Å². The summed E-state index contributed by atoms with van der Waals surface area (Å²) in [5.41, 5.74) is 0. The van der Waals surface area contributed by atoms with Crippen LogP contribution in [0.3, 0.4) is 0 Å². The van der Waals surface area contributed by atoms with Gasteiger partial charge in [0, 0.05) is 19.6 Å². The minimum absolute atomic E-state index is 0. The van der Waals surface area contributed by atoms with Gasteiger partial charge in [0.05, 0.1) is 12.6 Å². The number of carbonyl (C=O) groups excluding carboxylic acids is 2. The maximum atomic E-state index is 12.0. The van der Waals surface area contributed by atoms with Crippen LogP contribution >= 0.6 is 12.4 Å². The predicted molar refractivity (Wildman–Crippen MR) is 93.7 cm³/mol. The third-order valence-electron chi connectivity index (χ3n) is 4.48. The number of carbonyl (C=O) groups is 2. The number of likely N-dealkylation sites (tertiary alicyclic amines) is 1. The second-order valence-electron chi connectivity index (χ2n) is 6.49. The van der Waals surface area contributed by atoms with E-state index in [0.717, 1.165) is 64.8 Å². The van der Waals surface area contributed by atoms with E-state index in [2.05, 4.69) is 27.8 Å². The molecule has 0 bridgehead atoms. The molecule has 134 valence electrons. The number of hydrogen-bond donors (Lipinski definition) is 3. The number of rotatable bonds is 7. The van der Waals surface area contributed by atoms with E-state index in [0.29, 0.717) is 12.5 Å². The standard InChI is InChI=1S/C16H30N4O2.ClH/c1-2-7-18-15(21)12-20-9-4-5-13(11-20)10-19-16(22)14-6-3-8-17-14;/h13-14,17H,2-12H2,1H3,(H,18,21)(H,19,22);1H. The molecule has 0 aromatic carbocycles. The van der Waals surface area contributed by atoms with Crippen LogP contribution in [0, 0.1) is 5.92 Å². The van der Waals surface area contributed by atoms with E-state index < -0.39 is 0 Å². The van der Waals surface area contributed by atoms with E-state index in [9.17, 15) is 9.59 Å². The molecule has 2 rings (SSSR count). The van der Waals surface area contributed by atoms with E-state index in [1.807, 2.05) is 0 Å². The van der Waals surface area contributed by atoms with Crippen molar-refractivity contribution in [2.45, 2.75) is 45.1 Å². The molecule has 2 aliphatic rings. The number of nitrogens with zero attached hydrogens (tertiary/aromatic N) is 1. The molecule has 0 aromatic rings. The highest BCUT2D eigenvalue weighted by atomic mass is 35.5. The van der Waals surface area contributed by atoms with Gasteiger partial charge in [-0.25, -0.2) is 0 Å². The zero-order chi connectivity index (χ0) is 15.8. The quantitative estimate of drug-likeness (QED) is 0.628.